The number of hydrogen-bond donors (Lipinski definition) is 3. The quantitative estimate of drug-likeness (QED) is 0.103. The Labute approximate surface area is 281 Å². The van der Waals surface area contributed by atoms with Crippen molar-refractivity contribution in [3.63, 3.8) is 0 Å². The molecule has 0 bridgehead atoms. The summed E-state index contributed by atoms with van der Waals surface area (Å²) in [4.78, 5) is 41.0. The van der Waals surface area contributed by atoms with Crippen molar-refractivity contribution in [2.24, 2.45) is 0 Å². The normalized spacial score (nSPS) is 11.8. The van der Waals surface area contributed by atoms with Gasteiger partial charge in [-0.3, -0.25) is 14.4 Å². The van der Waals surface area contributed by atoms with Crippen LogP contribution < -0.4 is 16.0 Å². The summed E-state index contributed by atoms with van der Waals surface area (Å²) in [6.45, 7) is 1.95. The Bertz CT molecular complexity index is 1900. The van der Waals surface area contributed by atoms with Crippen molar-refractivity contribution in [2.45, 2.75) is 17.1 Å². The first-order valence-corrected chi connectivity index (χ1v) is 15.9. The highest BCUT2D eigenvalue weighted by atomic mass is 35.5. The molecule has 3 N–H and O–H groups in total. The number of nitrogens with one attached hydrogen (secondary N) is 3. The second-order valence-electron chi connectivity index (χ2n) is 10.3. The SMILES string of the molecule is Cc1cccc(/C=C(/NC(=O)c2ccccc2)C(=O)Nc2cccc(SC(C(=O)Nc3cc(Cl)ccc3Cl)c3ccccc3)c2)c1. The smallest absolute Gasteiger partial charge is 0.272 e. The maximum atomic E-state index is 13.6. The molecule has 6 nitrogen and oxygen atoms in total. The summed E-state index contributed by atoms with van der Waals surface area (Å²) < 4.78 is 0. The molecule has 1 atom stereocenters. The molecule has 1 unspecified atom stereocenters. The Morgan fingerprint density at radius 2 is 1.46 bits per heavy atom. The topological polar surface area (TPSA) is 87.3 Å². The lowest BCUT2D eigenvalue weighted by Gasteiger charge is -2.18. The van der Waals surface area contributed by atoms with Gasteiger partial charge >= 0.3 is 0 Å². The minimum Gasteiger partial charge on any atom is -0.323 e. The van der Waals surface area contributed by atoms with Gasteiger partial charge in [0, 0.05) is 21.2 Å². The lowest BCUT2D eigenvalue weighted by Crippen LogP contribution is -2.30. The molecule has 5 aromatic carbocycles. The highest BCUT2D eigenvalue weighted by molar-refractivity contribution is 8.00. The van der Waals surface area contributed by atoms with E-state index in [4.69, 9.17) is 23.2 Å². The van der Waals surface area contributed by atoms with Gasteiger partial charge in [-0.1, -0.05) is 108 Å². The van der Waals surface area contributed by atoms with Crippen LogP contribution in [0.15, 0.2) is 138 Å². The van der Waals surface area contributed by atoms with Crippen LogP contribution in [0, 0.1) is 6.92 Å². The van der Waals surface area contributed by atoms with Crippen LogP contribution in [0.3, 0.4) is 0 Å². The fourth-order valence-corrected chi connectivity index (χ4v) is 5.96. The predicted molar refractivity (Wildman–Crippen MR) is 188 cm³/mol. The van der Waals surface area contributed by atoms with Crippen LogP contribution in [0.25, 0.3) is 6.08 Å². The minimum atomic E-state index is -0.649. The van der Waals surface area contributed by atoms with E-state index < -0.39 is 17.1 Å². The molecule has 0 aliphatic heterocycles. The summed E-state index contributed by atoms with van der Waals surface area (Å²) in [6.07, 6.45) is 1.64. The Kier molecular flexibility index (Phi) is 10.9. The number of thioether (sulfide) groups is 1. The third-order valence-electron chi connectivity index (χ3n) is 6.75. The molecule has 0 aromatic heterocycles. The lowest BCUT2D eigenvalue weighted by atomic mass is 10.1. The van der Waals surface area contributed by atoms with E-state index in [2.05, 4.69) is 16.0 Å². The van der Waals surface area contributed by atoms with E-state index in [0.717, 1.165) is 21.6 Å². The Hall–Kier alpha value is -4.82. The summed E-state index contributed by atoms with van der Waals surface area (Å²) in [6, 6.07) is 37.7. The first-order chi connectivity index (χ1) is 22.2. The Morgan fingerprint density at radius 3 is 2.20 bits per heavy atom. The van der Waals surface area contributed by atoms with Crippen LogP contribution in [0.2, 0.25) is 10.0 Å². The van der Waals surface area contributed by atoms with Crippen LogP contribution in [0.4, 0.5) is 11.4 Å². The number of rotatable bonds is 10. The van der Waals surface area contributed by atoms with E-state index in [1.807, 2.05) is 73.7 Å². The molecule has 9 heteroatoms. The van der Waals surface area contributed by atoms with Gasteiger partial charge in [0.05, 0.1) is 10.7 Å². The highest BCUT2D eigenvalue weighted by Crippen LogP contribution is 2.38. The van der Waals surface area contributed by atoms with Crippen molar-refractivity contribution in [3.05, 3.63) is 165 Å². The summed E-state index contributed by atoms with van der Waals surface area (Å²) in [5, 5.41) is 8.73. The lowest BCUT2D eigenvalue weighted by molar-refractivity contribution is -0.116. The summed E-state index contributed by atoms with van der Waals surface area (Å²) >= 11 is 13.8. The number of carbonyl (C=O) groups excluding carboxylic acids is 3. The molecule has 0 spiro atoms. The number of carbonyl (C=O) groups is 3. The number of anilines is 2. The maximum absolute atomic E-state index is 13.6. The van der Waals surface area contributed by atoms with Gasteiger partial charge in [-0.15, -0.1) is 11.8 Å². The molecule has 3 amide bonds. The van der Waals surface area contributed by atoms with Crippen molar-refractivity contribution in [1.29, 1.82) is 0 Å². The number of aryl methyl sites for hydroxylation is 1. The molecule has 0 radical (unpaired) electrons. The fourth-order valence-electron chi connectivity index (χ4n) is 4.54. The molecule has 5 rings (SSSR count). The van der Waals surface area contributed by atoms with Crippen LogP contribution in [-0.2, 0) is 9.59 Å². The average Bonchev–Trinajstić information content (AvgIpc) is 3.06. The van der Waals surface area contributed by atoms with Crippen molar-refractivity contribution >= 4 is 70.1 Å². The standard InChI is InChI=1S/C37H29Cl2N3O3S/c1-24-10-8-11-25(20-24)21-33(42-35(43)27-14-6-3-7-15-27)36(44)40-29-16-9-17-30(23-29)46-34(26-12-4-2-5-13-26)37(45)41-32-22-28(38)18-19-31(32)39/h2-23,34H,1H3,(H,40,44)(H,41,45)(H,42,43)/b33-21+. The molecule has 0 saturated carbocycles. The predicted octanol–water partition coefficient (Wildman–Crippen LogP) is 9.18. The second-order valence-corrected chi connectivity index (χ2v) is 12.3. The van der Waals surface area contributed by atoms with Gasteiger partial charge in [0.2, 0.25) is 5.91 Å². The number of halogens is 2. The van der Waals surface area contributed by atoms with E-state index in [9.17, 15) is 14.4 Å². The molecule has 0 heterocycles. The second kappa shape index (κ2) is 15.5. The van der Waals surface area contributed by atoms with Crippen molar-refractivity contribution < 1.29 is 14.4 Å². The highest BCUT2D eigenvalue weighted by Gasteiger charge is 2.23. The molecular weight excluding hydrogens is 637 g/mol. The van der Waals surface area contributed by atoms with E-state index in [1.165, 1.54) is 11.8 Å². The van der Waals surface area contributed by atoms with Gasteiger partial charge in [0.25, 0.3) is 11.8 Å². The number of hydrogen-bond acceptors (Lipinski definition) is 4. The van der Waals surface area contributed by atoms with Gasteiger partial charge < -0.3 is 16.0 Å². The minimum absolute atomic E-state index is 0.0810. The molecule has 5 aromatic rings. The van der Waals surface area contributed by atoms with Crippen molar-refractivity contribution in [3.8, 4) is 0 Å². The zero-order valence-corrected chi connectivity index (χ0v) is 27.0. The van der Waals surface area contributed by atoms with Crippen LogP contribution >= 0.6 is 35.0 Å². The third kappa shape index (κ3) is 8.88. The molecular formula is C37H29Cl2N3O3S. The molecule has 0 aliphatic carbocycles. The zero-order chi connectivity index (χ0) is 32.5. The largest absolute Gasteiger partial charge is 0.323 e. The van der Waals surface area contributed by atoms with Crippen LogP contribution in [0.5, 0.6) is 0 Å². The Morgan fingerprint density at radius 1 is 0.739 bits per heavy atom. The molecule has 0 fully saturated rings. The van der Waals surface area contributed by atoms with Gasteiger partial charge in [-0.25, -0.2) is 0 Å². The first kappa shape index (κ1) is 32.6. The third-order valence-corrected chi connectivity index (χ3v) is 8.57. The van der Waals surface area contributed by atoms with Gasteiger partial charge in [0.15, 0.2) is 0 Å². The monoisotopic (exact) mass is 665 g/mol. The van der Waals surface area contributed by atoms with E-state index in [0.29, 0.717) is 27.0 Å². The van der Waals surface area contributed by atoms with Gasteiger partial charge in [-0.2, -0.15) is 0 Å². The van der Waals surface area contributed by atoms with Gasteiger partial charge in [-0.05, 0) is 72.7 Å². The van der Waals surface area contributed by atoms with Crippen LogP contribution in [0.1, 0.15) is 32.3 Å². The molecule has 230 valence electrons. The number of amides is 3. The average molecular weight is 667 g/mol. The summed E-state index contributed by atoms with van der Waals surface area (Å²) in [5.74, 6) is -1.20. The molecule has 0 aliphatic rings. The first-order valence-electron chi connectivity index (χ1n) is 14.3. The summed E-state index contributed by atoms with van der Waals surface area (Å²) in [7, 11) is 0. The molecule has 0 saturated heterocycles. The van der Waals surface area contributed by atoms with Crippen LogP contribution in [-0.4, -0.2) is 17.7 Å². The van der Waals surface area contributed by atoms with Crippen molar-refractivity contribution in [2.75, 3.05) is 10.6 Å². The van der Waals surface area contributed by atoms with E-state index >= 15 is 0 Å². The van der Waals surface area contributed by atoms with Gasteiger partial charge in [0.1, 0.15) is 10.9 Å². The van der Waals surface area contributed by atoms with E-state index in [1.54, 1.807) is 66.7 Å². The molecule has 46 heavy (non-hydrogen) atoms. The van der Waals surface area contributed by atoms with Crippen molar-refractivity contribution in [1.82, 2.24) is 5.32 Å². The Balaban J connectivity index is 1.38. The zero-order valence-electron chi connectivity index (χ0n) is 24.7. The van der Waals surface area contributed by atoms with E-state index in [-0.39, 0.29) is 11.6 Å². The maximum Gasteiger partial charge on any atom is 0.272 e. The number of benzene rings is 5. The fraction of sp³-hybridized carbons (Fsp3) is 0.0541. The summed E-state index contributed by atoms with van der Waals surface area (Å²) in [5.41, 5.74) is 3.97.